The van der Waals surface area contributed by atoms with Crippen LogP contribution in [0.1, 0.15) is 32.3 Å². The fraction of sp³-hybridized carbons (Fsp3) is 0.333. The first-order valence-corrected chi connectivity index (χ1v) is 7.93. The van der Waals surface area contributed by atoms with E-state index in [0.717, 1.165) is 12.1 Å². The number of halogens is 2. The quantitative estimate of drug-likeness (QED) is 0.807. The number of nitrogens with zero attached hydrogens (tertiary/aromatic N) is 1. The number of allylic oxidation sites excluding steroid dienone is 2. The van der Waals surface area contributed by atoms with Gasteiger partial charge in [0, 0.05) is 5.56 Å². The molecule has 2 rings (SSSR count). The summed E-state index contributed by atoms with van der Waals surface area (Å²) in [5.41, 5.74) is 5.35. The van der Waals surface area contributed by atoms with Crippen molar-refractivity contribution in [3.8, 4) is 11.8 Å². The zero-order valence-corrected chi connectivity index (χ0v) is 14.6. The minimum atomic E-state index is -1.20. The molecule has 0 spiro atoms. The Hall–Kier alpha value is -3.08. The van der Waals surface area contributed by atoms with Gasteiger partial charge in [0.1, 0.15) is 17.4 Å². The highest BCUT2D eigenvalue weighted by atomic mass is 19.1. The van der Waals surface area contributed by atoms with Gasteiger partial charge in [-0.25, -0.2) is 13.6 Å². The number of nitriles is 1. The van der Waals surface area contributed by atoms with Gasteiger partial charge in [-0.3, -0.25) is 0 Å². The van der Waals surface area contributed by atoms with Crippen molar-refractivity contribution in [1.29, 1.82) is 5.26 Å². The summed E-state index contributed by atoms with van der Waals surface area (Å²) in [6, 6.07) is 3.97. The number of hydrogen-bond donors (Lipinski definition) is 1. The van der Waals surface area contributed by atoms with E-state index in [1.807, 2.05) is 6.07 Å². The van der Waals surface area contributed by atoms with Crippen LogP contribution in [0.5, 0.6) is 5.75 Å². The van der Waals surface area contributed by atoms with E-state index in [0.29, 0.717) is 0 Å². The molecule has 8 heteroatoms. The van der Waals surface area contributed by atoms with Gasteiger partial charge < -0.3 is 19.9 Å². The molecule has 0 saturated heterocycles. The average molecular weight is 364 g/mol. The van der Waals surface area contributed by atoms with Gasteiger partial charge in [0.15, 0.2) is 17.4 Å². The van der Waals surface area contributed by atoms with Gasteiger partial charge in [-0.1, -0.05) is 6.07 Å². The van der Waals surface area contributed by atoms with Gasteiger partial charge in [-0.2, -0.15) is 5.26 Å². The summed E-state index contributed by atoms with van der Waals surface area (Å²) in [4.78, 5) is 12.4. The lowest BCUT2D eigenvalue weighted by Crippen LogP contribution is -2.26. The minimum Gasteiger partial charge on any atom is -0.488 e. The molecule has 1 unspecified atom stereocenters. The first-order valence-electron chi connectivity index (χ1n) is 7.93. The number of benzene rings is 1. The van der Waals surface area contributed by atoms with Gasteiger partial charge in [0.2, 0.25) is 5.88 Å². The molecule has 1 aromatic carbocycles. The van der Waals surface area contributed by atoms with Crippen molar-refractivity contribution in [3.05, 3.63) is 52.1 Å². The summed E-state index contributed by atoms with van der Waals surface area (Å²) in [5.74, 6) is -4.67. The maximum atomic E-state index is 14.9. The number of carbonyl (C=O) groups excluding carboxylic acids is 1. The number of esters is 1. The van der Waals surface area contributed by atoms with Crippen LogP contribution in [0.2, 0.25) is 0 Å². The Morgan fingerprint density at radius 3 is 2.62 bits per heavy atom. The summed E-state index contributed by atoms with van der Waals surface area (Å²) in [6.45, 7) is 4.73. The van der Waals surface area contributed by atoms with Crippen LogP contribution in [0, 0.1) is 23.0 Å². The smallest absolute Gasteiger partial charge is 0.338 e. The van der Waals surface area contributed by atoms with Crippen LogP contribution in [0.4, 0.5) is 8.78 Å². The molecule has 0 aromatic heterocycles. The van der Waals surface area contributed by atoms with E-state index < -0.39 is 29.3 Å². The fourth-order valence-corrected chi connectivity index (χ4v) is 2.71. The maximum absolute atomic E-state index is 14.9. The lowest BCUT2D eigenvalue weighted by Gasteiger charge is -2.27. The van der Waals surface area contributed by atoms with Gasteiger partial charge in [0.05, 0.1) is 24.7 Å². The van der Waals surface area contributed by atoms with E-state index in [1.54, 1.807) is 13.8 Å². The molecule has 1 aliphatic rings. The molecule has 26 heavy (non-hydrogen) atoms. The first kappa shape index (κ1) is 19.2. The first-order chi connectivity index (χ1) is 12.4. The monoisotopic (exact) mass is 364 g/mol. The summed E-state index contributed by atoms with van der Waals surface area (Å²) in [6.07, 6.45) is 0. The standard InChI is InChI=1S/C18H18F2N2O4/c1-4-24-16-12(19)7-6-10(15(16)20)14-11(8-21)17(22)26-9(3)13(14)18(23)25-5-2/h6-7,14H,4-5,22H2,1-3H3. The van der Waals surface area contributed by atoms with Crippen LogP contribution in [0.3, 0.4) is 0 Å². The summed E-state index contributed by atoms with van der Waals surface area (Å²) in [5, 5.41) is 9.46. The Kier molecular flexibility index (Phi) is 5.82. The Bertz CT molecular complexity index is 840. The lowest BCUT2D eigenvalue weighted by molar-refractivity contribution is -0.139. The normalized spacial score (nSPS) is 16.8. The van der Waals surface area contributed by atoms with Crippen molar-refractivity contribution in [2.75, 3.05) is 13.2 Å². The van der Waals surface area contributed by atoms with Gasteiger partial charge in [-0.05, 0) is 26.8 Å². The van der Waals surface area contributed by atoms with Crippen LogP contribution in [-0.2, 0) is 14.3 Å². The second-order valence-corrected chi connectivity index (χ2v) is 5.33. The third-order valence-corrected chi connectivity index (χ3v) is 3.78. The number of hydrogen-bond acceptors (Lipinski definition) is 6. The van der Waals surface area contributed by atoms with Crippen molar-refractivity contribution in [1.82, 2.24) is 0 Å². The molecule has 1 aliphatic heterocycles. The Morgan fingerprint density at radius 2 is 2.04 bits per heavy atom. The predicted molar refractivity (Wildman–Crippen MR) is 87.5 cm³/mol. The predicted octanol–water partition coefficient (Wildman–Crippen LogP) is 3.01. The van der Waals surface area contributed by atoms with E-state index in [1.165, 1.54) is 6.92 Å². The van der Waals surface area contributed by atoms with E-state index in [4.69, 9.17) is 19.9 Å². The molecule has 0 fully saturated rings. The molecule has 0 aliphatic carbocycles. The highest BCUT2D eigenvalue weighted by Gasteiger charge is 2.38. The largest absolute Gasteiger partial charge is 0.488 e. The molecular formula is C18H18F2N2O4. The molecule has 0 radical (unpaired) electrons. The molecular weight excluding hydrogens is 346 g/mol. The second-order valence-electron chi connectivity index (χ2n) is 5.33. The summed E-state index contributed by atoms with van der Waals surface area (Å²) >= 11 is 0. The van der Waals surface area contributed by atoms with Crippen molar-refractivity contribution >= 4 is 5.97 Å². The van der Waals surface area contributed by atoms with Crippen LogP contribution < -0.4 is 10.5 Å². The Labute approximate surface area is 149 Å². The third kappa shape index (κ3) is 3.33. The van der Waals surface area contributed by atoms with E-state index in [9.17, 15) is 18.8 Å². The Morgan fingerprint density at radius 1 is 1.35 bits per heavy atom. The number of carbonyl (C=O) groups is 1. The number of ether oxygens (including phenoxy) is 3. The molecule has 1 aromatic rings. The van der Waals surface area contributed by atoms with E-state index >= 15 is 0 Å². The summed E-state index contributed by atoms with van der Waals surface area (Å²) in [7, 11) is 0. The van der Waals surface area contributed by atoms with Crippen LogP contribution in [0.15, 0.2) is 34.9 Å². The molecule has 138 valence electrons. The highest BCUT2D eigenvalue weighted by molar-refractivity contribution is 5.92. The van der Waals surface area contributed by atoms with Gasteiger partial charge >= 0.3 is 5.97 Å². The molecule has 2 N–H and O–H groups in total. The number of rotatable bonds is 5. The topological polar surface area (TPSA) is 94.6 Å². The zero-order chi connectivity index (χ0) is 19.4. The number of nitrogens with two attached hydrogens (primary N) is 1. The third-order valence-electron chi connectivity index (χ3n) is 3.78. The SMILES string of the molecule is CCOC(=O)C1=C(C)OC(N)=C(C#N)C1c1ccc(F)c(OCC)c1F. The fourth-order valence-electron chi connectivity index (χ4n) is 2.71. The highest BCUT2D eigenvalue weighted by Crippen LogP contribution is 2.42. The molecule has 0 saturated carbocycles. The van der Waals surface area contributed by atoms with Crippen molar-refractivity contribution < 1.29 is 27.8 Å². The van der Waals surface area contributed by atoms with Crippen molar-refractivity contribution in [3.63, 3.8) is 0 Å². The van der Waals surface area contributed by atoms with Crippen LogP contribution in [0.25, 0.3) is 0 Å². The average Bonchev–Trinajstić information content (AvgIpc) is 2.58. The van der Waals surface area contributed by atoms with Crippen molar-refractivity contribution in [2.24, 2.45) is 5.73 Å². The molecule has 0 bridgehead atoms. The molecule has 0 amide bonds. The van der Waals surface area contributed by atoms with Gasteiger partial charge in [-0.15, -0.1) is 0 Å². The van der Waals surface area contributed by atoms with Gasteiger partial charge in [0.25, 0.3) is 0 Å². The molecule has 1 atom stereocenters. The van der Waals surface area contributed by atoms with Crippen LogP contribution >= 0.6 is 0 Å². The molecule has 6 nitrogen and oxygen atoms in total. The lowest BCUT2D eigenvalue weighted by atomic mass is 9.82. The van der Waals surface area contributed by atoms with E-state index in [-0.39, 0.29) is 41.6 Å². The van der Waals surface area contributed by atoms with Crippen molar-refractivity contribution in [2.45, 2.75) is 26.7 Å². The Balaban J connectivity index is 2.72. The second kappa shape index (κ2) is 7.87. The zero-order valence-electron chi connectivity index (χ0n) is 14.6. The molecule has 1 heterocycles. The minimum absolute atomic E-state index is 0.0355. The van der Waals surface area contributed by atoms with Crippen LogP contribution in [-0.4, -0.2) is 19.2 Å². The summed E-state index contributed by atoms with van der Waals surface area (Å²) < 4.78 is 44.1. The van der Waals surface area contributed by atoms with E-state index in [2.05, 4.69) is 0 Å². The maximum Gasteiger partial charge on any atom is 0.338 e.